The van der Waals surface area contributed by atoms with Crippen molar-refractivity contribution in [2.24, 2.45) is 5.73 Å². The Labute approximate surface area is 136 Å². The topological polar surface area (TPSA) is 48.1 Å². The third kappa shape index (κ3) is 3.64. The van der Waals surface area contributed by atoms with E-state index in [-0.39, 0.29) is 6.04 Å². The number of halogens is 3. The fraction of sp³-hybridized carbons (Fsp3) is 0.214. The second-order valence-electron chi connectivity index (χ2n) is 4.23. The second-order valence-corrected chi connectivity index (χ2v) is 5.90. The number of hydrogen-bond acceptors (Lipinski definition) is 3. The Morgan fingerprint density at radius 3 is 2.65 bits per heavy atom. The smallest absolute Gasteiger partial charge is 0.147 e. The standard InChI is InChI=1S/C14H13BrCl2N2O/c1-2-12(18)13-4-3-8(7-19-13)20-14-6-10(16)9(15)5-11(14)17/h3-7,12H,2,18H2,1H3/t12-/m1/s1. The Balaban J connectivity index is 2.20. The van der Waals surface area contributed by atoms with Crippen LogP contribution in [-0.2, 0) is 0 Å². The summed E-state index contributed by atoms with van der Waals surface area (Å²) in [5, 5.41) is 0.998. The first-order chi connectivity index (χ1) is 9.51. The highest BCUT2D eigenvalue weighted by Gasteiger charge is 2.09. The number of nitrogens with zero attached hydrogens (tertiary/aromatic N) is 1. The van der Waals surface area contributed by atoms with Crippen LogP contribution in [0.25, 0.3) is 0 Å². The molecule has 0 radical (unpaired) electrons. The quantitative estimate of drug-likeness (QED) is 0.732. The van der Waals surface area contributed by atoms with E-state index in [9.17, 15) is 0 Å². The van der Waals surface area contributed by atoms with E-state index in [1.807, 2.05) is 19.1 Å². The maximum atomic E-state index is 6.10. The number of rotatable bonds is 4. The summed E-state index contributed by atoms with van der Waals surface area (Å²) in [5.41, 5.74) is 6.74. The normalized spacial score (nSPS) is 12.2. The first-order valence-electron chi connectivity index (χ1n) is 6.05. The van der Waals surface area contributed by atoms with Crippen molar-refractivity contribution in [2.75, 3.05) is 0 Å². The van der Waals surface area contributed by atoms with Gasteiger partial charge in [-0.3, -0.25) is 4.98 Å². The Bertz CT molecular complexity index is 605. The maximum absolute atomic E-state index is 6.10. The van der Waals surface area contributed by atoms with E-state index < -0.39 is 0 Å². The van der Waals surface area contributed by atoms with Crippen LogP contribution < -0.4 is 10.5 Å². The summed E-state index contributed by atoms with van der Waals surface area (Å²) in [6.07, 6.45) is 2.46. The molecule has 0 fully saturated rings. The van der Waals surface area contributed by atoms with Crippen molar-refractivity contribution in [1.82, 2.24) is 4.98 Å². The van der Waals surface area contributed by atoms with E-state index in [0.717, 1.165) is 16.6 Å². The number of ether oxygens (including phenoxy) is 1. The van der Waals surface area contributed by atoms with Crippen LogP contribution in [0.5, 0.6) is 11.5 Å². The highest BCUT2D eigenvalue weighted by atomic mass is 79.9. The lowest BCUT2D eigenvalue weighted by Crippen LogP contribution is -2.10. The van der Waals surface area contributed by atoms with Crippen molar-refractivity contribution >= 4 is 39.1 Å². The van der Waals surface area contributed by atoms with Gasteiger partial charge in [-0.25, -0.2) is 0 Å². The average Bonchev–Trinajstić information content (AvgIpc) is 2.44. The van der Waals surface area contributed by atoms with Gasteiger partial charge in [0.05, 0.1) is 21.9 Å². The molecular formula is C14H13BrCl2N2O. The summed E-state index contributed by atoms with van der Waals surface area (Å²) in [4.78, 5) is 4.28. The summed E-state index contributed by atoms with van der Waals surface area (Å²) < 4.78 is 6.39. The predicted octanol–water partition coefficient (Wildman–Crippen LogP) is 5.35. The minimum absolute atomic E-state index is 0.0604. The molecule has 0 aliphatic heterocycles. The van der Waals surface area contributed by atoms with Crippen LogP contribution in [0.3, 0.4) is 0 Å². The van der Waals surface area contributed by atoms with Crippen LogP contribution in [-0.4, -0.2) is 4.98 Å². The summed E-state index contributed by atoms with van der Waals surface area (Å²) in [6.45, 7) is 2.01. The molecule has 6 heteroatoms. The summed E-state index contributed by atoms with van der Waals surface area (Å²) in [5.74, 6) is 1.06. The lowest BCUT2D eigenvalue weighted by molar-refractivity contribution is 0.479. The summed E-state index contributed by atoms with van der Waals surface area (Å²) in [6, 6.07) is 6.94. The van der Waals surface area contributed by atoms with Gasteiger partial charge in [-0.2, -0.15) is 0 Å². The van der Waals surface area contributed by atoms with Gasteiger partial charge in [0.25, 0.3) is 0 Å². The molecule has 0 unspecified atom stereocenters. The van der Waals surface area contributed by atoms with Crippen molar-refractivity contribution in [3.63, 3.8) is 0 Å². The van der Waals surface area contributed by atoms with Gasteiger partial charge in [-0.1, -0.05) is 30.1 Å². The van der Waals surface area contributed by atoms with Gasteiger partial charge < -0.3 is 10.5 Å². The van der Waals surface area contributed by atoms with Gasteiger partial charge in [-0.05, 0) is 40.5 Å². The molecular weight excluding hydrogens is 363 g/mol. The monoisotopic (exact) mass is 374 g/mol. The molecule has 1 aromatic carbocycles. The van der Waals surface area contributed by atoms with E-state index >= 15 is 0 Å². The van der Waals surface area contributed by atoms with Crippen molar-refractivity contribution in [3.8, 4) is 11.5 Å². The second kappa shape index (κ2) is 6.76. The van der Waals surface area contributed by atoms with Gasteiger partial charge in [0.15, 0.2) is 0 Å². The number of benzene rings is 1. The van der Waals surface area contributed by atoms with Crippen LogP contribution in [0.4, 0.5) is 0 Å². The lowest BCUT2D eigenvalue weighted by Gasteiger charge is -2.11. The molecule has 0 bridgehead atoms. The van der Waals surface area contributed by atoms with E-state index in [4.69, 9.17) is 33.7 Å². The maximum Gasteiger partial charge on any atom is 0.147 e. The minimum Gasteiger partial charge on any atom is -0.454 e. The zero-order valence-corrected chi connectivity index (χ0v) is 13.8. The summed E-state index contributed by atoms with van der Waals surface area (Å²) in [7, 11) is 0. The third-order valence-corrected chi connectivity index (χ3v) is 4.27. The SMILES string of the molecule is CC[C@@H](N)c1ccc(Oc2cc(Cl)c(Br)cc2Cl)cn1. The molecule has 1 aromatic heterocycles. The fourth-order valence-corrected chi connectivity index (χ4v) is 2.42. The zero-order chi connectivity index (χ0) is 14.7. The van der Waals surface area contributed by atoms with Crippen molar-refractivity contribution < 1.29 is 4.74 Å². The van der Waals surface area contributed by atoms with Gasteiger partial charge >= 0.3 is 0 Å². The third-order valence-electron chi connectivity index (χ3n) is 2.78. The van der Waals surface area contributed by atoms with Crippen LogP contribution in [0.15, 0.2) is 34.9 Å². The van der Waals surface area contributed by atoms with Crippen molar-refractivity contribution in [1.29, 1.82) is 0 Å². The fourth-order valence-electron chi connectivity index (χ4n) is 1.59. The van der Waals surface area contributed by atoms with Crippen LogP contribution in [0.1, 0.15) is 25.1 Å². The Kier molecular flexibility index (Phi) is 5.27. The number of hydrogen-bond donors (Lipinski definition) is 1. The molecule has 0 amide bonds. The Hall–Kier alpha value is -0.810. The molecule has 2 N–H and O–H groups in total. The van der Waals surface area contributed by atoms with Crippen molar-refractivity contribution in [3.05, 3.63) is 50.7 Å². The molecule has 2 rings (SSSR count). The van der Waals surface area contributed by atoms with E-state index in [2.05, 4.69) is 20.9 Å². The molecule has 1 atom stereocenters. The molecule has 1 heterocycles. The molecule has 0 saturated heterocycles. The number of aromatic nitrogens is 1. The van der Waals surface area contributed by atoms with Crippen LogP contribution in [0, 0.1) is 0 Å². The predicted molar refractivity (Wildman–Crippen MR) is 85.7 cm³/mol. The van der Waals surface area contributed by atoms with E-state index in [1.165, 1.54) is 0 Å². The van der Waals surface area contributed by atoms with Gasteiger partial charge in [0, 0.05) is 16.6 Å². The molecule has 3 nitrogen and oxygen atoms in total. The van der Waals surface area contributed by atoms with Gasteiger partial charge in [0.2, 0.25) is 0 Å². The Morgan fingerprint density at radius 2 is 2.05 bits per heavy atom. The molecule has 0 saturated carbocycles. The first kappa shape index (κ1) is 15.6. The van der Waals surface area contributed by atoms with Crippen LogP contribution >= 0.6 is 39.1 Å². The van der Waals surface area contributed by atoms with Gasteiger partial charge in [-0.15, -0.1) is 0 Å². The molecule has 106 valence electrons. The van der Waals surface area contributed by atoms with E-state index in [0.29, 0.717) is 21.5 Å². The summed E-state index contributed by atoms with van der Waals surface area (Å²) >= 11 is 15.4. The van der Waals surface area contributed by atoms with Crippen molar-refractivity contribution in [2.45, 2.75) is 19.4 Å². The molecule has 2 aromatic rings. The molecule has 20 heavy (non-hydrogen) atoms. The molecule has 0 aliphatic rings. The van der Waals surface area contributed by atoms with E-state index in [1.54, 1.807) is 18.3 Å². The number of nitrogens with two attached hydrogens (primary N) is 1. The van der Waals surface area contributed by atoms with Gasteiger partial charge in [0.1, 0.15) is 11.5 Å². The number of pyridine rings is 1. The minimum atomic E-state index is -0.0604. The first-order valence-corrected chi connectivity index (χ1v) is 7.60. The lowest BCUT2D eigenvalue weighted by atomic mass is 10.1. The highest BCUT2D eigenvalue weighted by molar-refractivity contribution is 9.10. The highest BCUT2D eigenvalue weighted by Crippen LogP contribution is 2.36. The molecule has 0 spiro atoms. The Morgan fingerprint density at radius 1 is 1.30 bits per heavy atom. The zero-order valence-electron chi connectivity index (χ0n) is 10.7. The average molecular weight is 376 g/mol. The largest absolute Gasteiger partial charge is 0.454 e. The van der Waals surface area contributed by atoms with Crippen LogP contribution in [0.2, 0.25) is 10.0 Å². The molecule has 0 aliphatic carbocycles.